The predicted octanol–water partition coefficient (Wildman–Crippen LogP) is 4.92. The van der Waals surface area contributed by atoms with Crippen molar-refractivity contribution in [3.05, 3.63) is 82.6 Å². The summed E-state index contributed by atoms with van der Waals surface area (Å²) >= 11 is 0. The van der Waals surface area contributed by atoms with Crippen molar-refractivity contribution in [2.45, 2.75) is 45.6 Å². The van der Waals surface area contributed by atoms with Crippen LogP contribution in [0.1, 0.15) is 48.8 Å². The number of Topliss-reactive ketones (excluding diaryl/α,β-unsaturated/α-hetero) is 1. The Morgan fingerprint density at radius 2 is 1.76 bits per heavy atom. The largest absolute Gasteiger partial charge is 0.460 e. The lowest BCUT2D eigenvalue weighted by atomic mass is 9.71. The summed E-state index contributed by atoms with van der Waals surface area (Å²) in [4.78, 5) is 30.8. The number of benzene rings is 2. The zero-order chi connectivity index (χ0) is 20.4. The maximum absolute atomic E-state index is 13.2. The fourth-order valence-electron chi connectivity index (χ4n) is 4.40. The number of aryl methyl sites for hydroxylation is 1. The summed E-state index contributed by atoms with van der Waals surface area (Å²) in [5.41, 5.74) is 5.29. The van der Waals surface area contributed by atoms with E-state index >= 15 is 0 Å². The topological polar surface area (TPSA) is 55.7 Å². The first-order valence-corrected chi connectivity index (χ1v) is 10.1. The Labute approximate surface area is 171 Å². The molecule has 0 radical (unpaired) electrons. The number of aliphatic imine (C=N–C) groups is 1. The van der Waals surface area contributed by atoms with Crippen molar-refractivity contribution in [3.63, 3.8) is 0 Å². The molecule has 29 heavy (non-hydrogen) atoms. The maximum atomic E-state index is 13.2. The van der Waals surface area contributed by atoms with E-state index in [2.05, 4.69) is 0 Å². The minimum absolute atomic E-state index is 0.108. The number of ether oxygens (including phenoxy) is 1. The molecule has 0 N–H and O–H groups in total. The van der Waals surface area contributed by atoms with Crippen LogP contribution in [0.25, 0.3) is 0 Å². The molecule has 0 aromatic heterocycles. The second-order valence-corrected chi connectivity index (χ2v) is 7.80. The van der Waals surface area contributed by atoms with Gasteiger partial charge in [0.25, 0.3) is 0 Å². The molecule has 4 heteroatoms. The van der Waals surface area contributed by atoms with E-state index in [9.17, 15) is 9.59 Å². The van der Waals surface area contributed by atoms with E-state index in [4.69, 9.17) is 9.73 Å². The normalized spacial score (nSPS) is 21.4. The third-order valence-electron chi connectivity index (χ3n) is 5.84. The lowest BCUT2D eigenvalue weighted by Crippen LogP contribution is -2.37. The zero-order valence-electron chi connectivity index (χ0n) is 16.9. The van der Waals surface area contributed by atoms with E-state index in [1.807, 2.05) is 68.4 Å². The van der Waals surface area contributed by atoms with Gasteiger partial charge < -0.3 is 4.74 Å². The summed E-state index contributed by atoms with van der Waals surface area (Å²) in [7, 11) is 0. The fourth-order valence-corrected chi connectivity index (χ4v) is 4.40. The summed E-state index contributed by atoms with van der Waals surface area (Å²) in [6, 6.07) is 17.6. The van der Waals surface area contributed by atoms with Gasteiger partial charge in [-0.3, -0.25) is 14.6 Å². The van der Waals surface area contributed by atoms with E-state index in [-0.39, 0.29) is 24.3 Å². The Balaban J connectivity index is 1.72. The van der Waals surface area contributed by atoms with Crippen molar-refractivity contribution in [2.75, 3.05) is 0 Å². The minimum atomic E-state index is -0.583. The van der Waals surface area contributed by atoms with Gasteiger partial charge >= 0.3 is 5.97 Å². The number of hydrogen-bond donors (Lipinski definition) is 0. The molecule has 0 fully saturated rings. The lowest BCUT2D eigenvalue weighted by molar-refractivity contribution is -0.148. The molecule has 0 amide bonds. The van der Waals surface area contributed by atoms with Gasteiger partial charge in [-0.15, -0.1) is 0 Å². The molecule has 0 saturated carbocycles. The Hall–Kier alpha value is -3.01. The summed E-state index contributed by atoms with van der Waals surface area (Å²) in [5, 5.41) is 0. The van der Waals surface area contributed by atoms with Crippen LogP contribution >= 0.6 is 0 Å². The third kappa shape index (κ3) is 3.80. The molecule has 2 atom stereocenters. The number of hydrogen-bond acceptors (Lipinski definition) is 4. The molecule has 148 valence electrons. The summed E-state index contributed by atoms with van der Waals surface area (Å²) in [6.45, 7) is 4.11. The molecule has 0 spiro atoms. The smallest absolute Gasteiger partial charge is 0.315 e. The van der Waals surface area contributed by atoms with Gasteiger partial charge in [-0.1, -0.05) is 54.6 Å². The number of esters is 1. The van der Waals surface area contributed by atoms with E-state index in [1.165, 1.54) is 0 Å². The molecule has 0 saturated heterocycles. The molecule has 1 aliphatic heterocycles. The van der Waals surface area contributed by atoms with Crippen molar-refractivity contribution >= 4 is 17.5 Å². The highest BCUT2D eigenvalue weighted by molar-refractivity contribution is 6.08. The molecule has 4 rings (SSSR count). The SMILES string of the molecule is CC1=NC2=C(C(=O)CCC2)[C@H](c2ccccc2C)[C@@H]1C(=O)OCc1ccccc1. The van der Waals surface area contributed by atoms with Gasteiger partial charge in [0, 0.05) is 29.3 Å². The van der Waals surface area contributed by atoms with Crippen LogP contribution < -0.4 is 0 Å². The van der Waals surface area contributed by atoms with Gasteiger partial charge in [0.05, 0.1) is 0 Å². The van der Waals surface area contributed by atoms with Gasteiger partial charge in [0.1, 0.15) is 12.5 Å². The van der Waals surface area contributed by atoms with Crippen molar-refractivity contribution in [1.82, 2.24) is 0 Å². The van der Waals surface area contributed by atoms with Crippen molar-refractivity contribution in [3.8, 4) is 0 Å². The molecular weight excluding hydrogens is 362 g/mol. The van der Waals surface area contributed by atoms with Crippen molar-refractivity contribution < 1.29 is 14.3 Å². The van der Waals surface area contributed by atoms with Gasteiger partial charge in [-0.25, -0.2) is 0 Å². The van der Waals surface area contributed by atoms with E-state index in [0.29, 0.717) is 12.0 Å². The summed E-state index contributed by atoms with van der Waals surface area (Å²) < 4.78 is 5.69. The lowest BCUT2D eigenvalue weighted by Gasteiger charge is -2.35. The van der Waals surface area contributed by atoms with Crippen LogP contribution in [0.4, 0.5) is 0 Å². The number of rotatable bonds is 4. The van der Waals surface area contributed by atoms with Crippen molar-refractivity contribution in [2.24, 2.45) is 10.9 Å². The minimum Gasteiger partial charge on any atom is -0.460 e. The maximum Gasteiger partial charge on any atom is 0.315 e. The monoisotopic (exact) mass is 387 g/mol. The van der Waals surface area contributed by atoms with Crippen LogP contribution in [-0.2, 0) is 20.9 Å². The molecule has 4 nitrogen and oxygen atoms in total. The molecule has 1 aliphatic carbocycles. The highest BCUT2D eigenvalue weighted by Gasteiger charge is 2.43. The number of carbonyl (C=O) groups is 2. The first-order valence-electron chi connectivity index (χ1n) is 10.1. The molecule has 2 aromatic carbocycles. The van der Waals surface area contributed by atoms with E-state index < -0.39 is 5.92 Å². The average molecular weight is 387 g/mol. The second-order valence-electron chi connectivity index (χ2n) is 7.80. The van der Waals surface area contributed by atoms with E-state index in [0.717, 1.165) is 40.9 Å². The number of ketones is 1. The van der Waals surface area contributed by atoms with Gasteiger partial charge in [-0.05, 0) is 43.4 Å². The fraction of sp³-hybridized carbons (Fsp3) is 0.320. The molecule has 2 aliphatic rings. The Kier molecular flexibility index (Phi) is 5.43. The Morgan fingerprint density at radius 1 is 1.03 bits per heavy atom. The Morgan fingerprint density at radius 3 is 2.52 bits per heavy atom. The average Bonchev–Trinajstić information content (AvgIpc) is 2.72. The quantitative estimate of drug-likeness (QED) is 0.700. The van der Waals surface area contributed by atoms with E-state index in [1.54, 1.807) is 0 Å². The van der Waals surface area contributed by atoms with Crippen LogP contribution in [0, 0.1) is 12.8 Å². The Bertz CT molecular complexity index is 1000. The highest BCUT2D eigenvalue weighted by atomic mass is 16.5. The second kappa shape index (κ2) is 8.16. The molecule has 2 aromatic rings. The van der Waals surface area contributed by atoms with Crippen LogP contribution in [-0.4, -0.2) is 17.5 Å². The van der Waals surface area contributed by atoms with Crippen molar-refractivity contribution in [1.29, 1.82) is 0 Å². The highest BCUT2D eigenvalue weighted by Crippen LogP contribution is 2.44. The number of allylic oxidation sites excluding steroid dienone is 2. The summed E-state index contributed by atoms with van der Waals surface area (Å²) in [5.74, 6) is -1.13. The molecular formula is C25H25NO3. The van der Waals surface area contributed by atoms with Gasteiger partial charge in [-0.2, -0.15) is 0 Å². The van der Waals surface area contributed by atoms with Crippen LogP contribution in [0.2, 0.25) is 0 Å². The zero-order valence-corrected chi connectivity index (χ0v) is 16.9. The summed E-state index contributed by atoms with van der Waals surface area (Å²) in [6.07, 6.45) is 2.12. The van der Waals surface area contributed by atoms with Crippen LogP contribution in [0.15, 0.2) is 70.9 Å². The number of nitrogens with zero attached hydrogens (tertiary/aromatic N) is 1. The molecule has 0 bridgehead atoms. The van der Waals surface area contributed by atoms with Crippen LogP contribution in [0.5, 0.6) is 0 Å². The first-order chi connectivity index (χ1) is 14.1. The molecule has 1 heterocycles. The van der Waals surface area contributed by atoms with Crippen LogP contribution in [0.3, 0.4) is 0 Å². The standard InChI is InChI=1S/C25H25NO3/c1-16-9-6-7-12-19(16)23-22(25(28)29-15-18-10-4-3-5-11-18)17(2)26-20-13-8-14-21(27)24(20)23/h3-7,9-12,22-23H,8,13-15H2,1-2H3/t22-,23-/m1/s1. The molecule has 0 unspecified atom stereocenters. The first kappa shape index (κ1) is 19.3. The predicted molar refractivity (Wildman–Crippen MR) is 113 cm³/mol. The van der Waals surface area contributed by atoms with Gasteiger partial charge in [0.2, 0.25) is 0 Å². The third-order valence-corrected chi connectivity index (χ3v) is 5.84. The van der Waals surface area contributed by atoms with Gasteiger partial charge in [0.15, 0.2) is 5.78 Å². The number of carbonyl (C=O) groups excluding carboxylic acids is 2.